The van der Waals surface area contributed by atoms with Crippen LogP contribution < -0.4 is 14.6 Å². The number of hydrogen-bond donors (Lipinski definition) is 2. The number of aliphatic hydroxyl groups excluding tert-OH is 1. The van der Waals surface area contributed by atoms with Gasteiger partial charge in [0.1, 0.15) is 22.9 Å². The second-order valence-electron chi connectivity index (χ2n) is 8.01. The standard InChI is InChI=1S/C24H28N6O5S/c1-4-8-18-21-22(29(3)28-18)24(32)27-23(26-21)17-15-16(10-11-19(17)35-5-2)36(33,34)30(13-14-31)20-9-6-7-12-25-20/h6-7,9-12,15,31H,4-5,8,13-14H2,1-3H3,(H,26,27,32). The zero-order chi connectivity index (χ0) is 25.9. The van der Waals surface area contributed by atoms with E-state index in [2.05, 4.69) is 20.1 Å². The summed E-state index contributed by atoms with van der Waals surface area (Å²) >= 11 is 0. The molecule has 0 saturated heterocycles. The predicted molar refractivity (Wildman–Crippen MR) is 136 cm³/mol. The number of rotatable bonds is 10. The van der Waals surface area contributed by atoms with Crippen LogP contribution in [-0.2, 0) is 23.5 Å². The van der Waals surface area contributed by atoms with Crippen LogP contribution in [0.3, 0.4) is 0 Å². The molecule has 0 aliphatic heterocycles. The minimum atomic E-state index is -4.12. The average Bonchev–Trinajstić information content (AvgIpc) is 3.19. The number of sulfonamides is 1. The topological polar surface area (TPSA) is 143 Å². The second kappa shape index (κ2) is 10.5. The van der Waals surface area contributed by atoms with Gasteiger partial charge in [-0.25, -0.2) is 22.7 Å². The first kappa shape index (κ1) is 25.3. The third kappa shape index (κ3) is 4.69. The van der Waals surface area contributed by atoms with Gasteiger partial charge in [-0.2, -0.15) is 5.10 Å². The lowest BCUT2D eigenvalue weighted by atomic mass is 10.1. The van der Waals surface area contributed by atoms with Gasteiger partial charge in [-0.3, -0.25) is 9.48 Å². The van der Waals surface area contributed by atoms with E-state index in [4.69, 9.17) is 4.74 Å². The lowest BCUT2D eigenvalue weighted by molar-refractivity contribution is 0.306. The molecule has 1 aromatic carbocycles. The van der Waals surface area contributed by atoms with Crippen molar-refractivity contribution >= 4 is 26.9 Å². The molecule has 11 nitrogen and oxygen atoms in total. The summed E-state index contributed by atoms with van der Waals surface area (Å²) in [7, 11) is -2.44. The number of anilines is 1. The van der Waals surface area contributed by atoms with Crippen LogP contribution >= 0.6 is 0 Å². The first-order valence-corrected chi connectivity index (χ1v) is 13.0. The normalized spacial score (nSPS) is 11.7. The molecule has 0 amide bonds. The van der Waals surface area contributed by atoms with Crippen LogP contribution in [0.1, 0.15) is 26.0 Å². The molecule has 0 radical (unpaired) electrons. The van der Waals surface area contributed by atoms with Crippen molar-refractivity contribution in [2.75, 3.05) is 24.1 Å². The third-order valence-electron chi connectivity index (χ3n) is 5.55. The predicted octanol–water partition coefficient (Wildman–Crippen LogP) is 2.26. The summed E-state index contributed by atoms with van der Waals surface area (Å²) < 4.78 is 35.5. The van der Waals surface area contributed by atoms with Crippen molar-refractivity contribution in [1.82, 2.24) is 24.7 Å². The molecule has 0 fully saturated rings. The Morgan fingerprint density at radius 2 is 2.00 bits per heavy atom. The van der Waals surface area contributed by atoms with Crippen LogP contribution in [-0.4, -0.2) is 58.0 Å². The maximum Gasteiger partial charge on any atom is 0.277 e. The minimum absolute atomic E-state index is 0.0669. The fourth-order valence-corrected chi connectivity index (χ4v) is 5.43. The number of benzene rings is 1. The third-order valence-corrected chi connectivity index (χ3v) is 7.35. The van der Waals surface area contributed by atoms with Crippen LogP contribution in [0, 0.1) is 0 Å². The van der Waals surface area contributed by atoms with E-state index in [-0.39, 0.29) is 23.1 Å². The van der Waals surface area contributed by atoms with E-state index in [1.54, 1.807) is 32.2 Å². The number of aliphatic hydroxyl groups is 1. The fourth-order valence-electron chi connectivity index (χ4n) is 3.99. The molecule has 2 N–H and O–H groups in total. The zero-order valence-electron chi connectivity index (χ0n) is 20.3. The van der Waals surface area contributed by atoms with Crippen molar-refractivity contribution in [2.24, 2.45) is 7.05 Å². The second-order valence-corrected chi connectivity index (χ2v) is 9.87. The first-order chi connectivity index (χ1) is 17.3. The highest BCUT2D eigenvalue weighted by atomic mass is 32.2. The summed E-state index contributed by atoms with van der Waals surface area (Å²) in [5, 5.41) is 14.0. The largest absolute Gasteiger partial charge is 0.493 e. The summed E-state index contributed by atoms with van der Waals surface area (Å²) in [5.74, 6) is 0.714. The van der Waals surface area contributed by atoms with Gasteiger partial charge in [0.2, 0.25) is 0 Å². The fraction of sp³-hybridized carbons (Fsp3) is 0.333. The number of aromatic amines is 1. The van der Waals surface area contributed by atoms with E-state index in [0.29, 0.717) is 41.1 Å². The highest BCUT2D eigenvalue weighted by molar-refractivity contribution is 7.92. The van der Waals surface area contributed by atoms with Crippen molar-refractivity contribution < 1.29 is 18.3 Å². The number of pyridine rings is 1. The number of nitrogens with one attached hydrogen (secondary N) is 1. The molecule has 4 aromatic rings. The Labute approximate surface area is 208 Å². The number of nitrogens with zero attached hydrogens (tertiary/aromatic N) is 5. The van der Waals surface area contributed by atoms with Gasteiger partial charge in [0, 0.05) is 13.2 Å². The molecule has 36 heavy (non-hydrogen) atoms. The molecule has 0 aliphatic rings. The highest BCUT2D eigenvalue weighted by Gasteiger charge is 2.27. The van der Waals surface area contributed by atoms with Gasteiger partial charge in [-0.1, -0.05) is 19.4 Å². The smallest absolute Gasteiger partial charge is 0.277 e. The van der Waals surface area contributed by atoms with Gasteiger partial charge in [0.05, 0.1) is 35.9 Å². The number of H-pyrrole nitrogens is 1. The van der Waals surface area contributed by atoms with E-state index >= 15 is 0 Å². The highest BCUT2D eigenvalue weighted by Crippen LogP contribution is 2.33. The number of ether oxygens (including phenoxy) is 1. The molecule has 0 atom stereocenters. The Balaban J connectivity index is 1.91. The molecule has 3 aromatic heterocycles. The number of aromatic nitrogens is 5. The lowest BCUT2D eigenvalue weighted by Gasteiger charge is -2.23. The summed E-state index contributed by atoms with van der Waals surface area (Å²) in [4.78, 5) is 24.5. The SMILES string of the molecule is CCCc1nn(C)c2c(=O)[nH]c(-c3cc(S(=O)(=O)N(CCO)c4ccccn4)ccc3OCC)nc12. The van der Waals surface area contributed by atoms with Gasteiger partial charge in [-0.15, -0.1) is 0 Å². The molecule has 0 unspecified atom stereocenters. The molecule has 0 aliphatic carbocycles. The average molecular weight is 513 g/mol. The Hall–Kier alpha value is -3.77. The van der Waals surface area contributed by atoms with Crippen molar-refractivity contribution in [1.29, 1.82) is 0 Å². The molecule has 4 rings (SSSR count). The molecule has 0 spiro atoms. The van der Waals surface area contributed by atoms with Gasteiger partial charge in [-0.05, 0) is 43.7 Å². The molecule has 0 saturated carbocycles. The van der Waals surface area contributed by atoms with E-state index in [1.807, 2.05) is 6.92 Å². The van der Waals surface area contributed by atoms with Crippen LogP contribution in [0.4, 0.5) is 5.82 Å². The molecule has 3 heterocycles. The number of fused-ring (bicyclic) bond motifs is 1. The van der Waals surface area contributed by atoms with Crippen LogP contribution in [0.2, 0.25) is 0 Å². The minimum Gasteiger partial charge on any atom is -0.493 e. The summed E-state index contributed by atoms with van der Waals surface area (Å²) in [6, 6.07) is 9.24. The van der Waals surface area contributed by atoms with Crippen LogP contribution in [0.5, 0.6) is 5.75 Å². The van der Waals surface area contributed by atoms with Crippen LogP contribution in [0.25, 0.3) is 22.4 Å². The molecule has 0 bridgehead atoms. The molecular weight excluding hydrogens is 484 g/mol. The molecule has 12 heteroatoms. The van der Waals surface area contributed by atoms with Crippen LogP contribution in [0.15, 0.2) is 52.3 Å². The maximum absolute atomic E-state index is 13.6. The van der Waals surface area contributed by atoms with Gasteiger partial charge >= 0.3 is 0 Å². The summed E-state index contributed by atoms with van der Waals surface area (Å²) in [6.45, 7) is 3.56. The molecular formula is C24H28N6O5S. The van der Waals surface area contributed by atoms with Gasteiger partial charge in [0.25, 0.3) is 15.6 Å². The van der Waals surface area contributed by atoms with Crippen molar-refractivity contribution in [3.05, 3.63) is 58.6 Å². The van der Waals surface area contributed by atoms with E-state index in [1.165, 1.54) is 29.1 Å². The van der Waals surface area contributed by atoms with Crippen molar-refractivity contribution in [2.45, 2.75) is 31.6 Å². The number of hydrogen-bond acceptors (Lipinski definition) is 8. The Morgan fingerprint density at radius 1 is 1.19 bits per heavy atom. The van der Waals surface area contributed by atoms with E-state index in [9.17, 15) is 18.3 Å². The van der Waals surface area contributed by atoms with Crippen molar-refractivity contribution in [3.63, 3.8) is 0 Å². The monoisotopic (exact) mass is 512 g/mol. The van der Waals surface area contributed by atoms with E-state index < -0.39 is 22.2 Å². The summed E-state index contributed by atoms with van der Waals surface area (Å²) in [5.41, 5.74) is 1.41. The van der Waals surface area contributed by atoms with Gasteiger partial charge < -0.3 is 14.8 Å². The van der Waals surface area contributed by atoms with E-state index in [0.717, 1.165) is 10.7 Å². The Kier molecular flexibility index (Phi) is 7.36. The lowest BCUT2D eigenvalue weighted by Crippen LogP contribution is -2.34. The Bertz CT molecular complexity index is 1530. The summed E-state index contributed by atoms with van der Waals surface area (Å²) in [6.07, 6.45) is 2.94. The first-order valence-electron chi connectivity index (χ1n) is 11.6. The quantitative estimate of drug-likeness (QED) is 0.329. The maximum atomic E-state index is 13.6. The zero-order valence-corrected chi connectivity index (χ0v) is 21.1. The van der Waals surface area contributed by atoms with Crippen molar-refractivity contribution in [3.8, 4) is 17.1 Å². The molecule has 190 valence electrons. The Morgan fingerprint density at radius 3 is 2.67 bits per heavy atom. The van der Waals surface area contributed by atoms with Gasteiger partial charge in [0.15, 0.2) is 5.52 Å². The number of aryl methyl sites for hydroxylation is 2.